The summed E-state index contributed by atoms with van der Waals surface area (Å²) in [6.45, 7) is 9.39. The van der Waals surface area contributed by atoms with Crippen molar-refractivity contribution in [1.82, 2.24) is 0 Å². The Morgan fingerprint density at radius 1 is 1.11 bits per heavy atom. The van der Waals surface area contributed by atoms with Gasteiger partial charge in [-0.25, -0.2) is 0 Å². The maximum Gasteiger partial charge on any atom is 0.179 e. The normalized spacial score (nSPS) is 22.4. The largest absolute Gasteiger partial charge is 0.348 e. The second kappa shape index (κ2) is 6.66. The van der Waals surface area contributed by atoms with E-state index in [-0.39, 0.29) is 11.7 Å². The maximum atomic E-state index is 10.4. The number of hydrogen-bond donors (Lipinski definition) is 0. The minimum atomic E-state index is -0.251. The first-order chi connectivity index (χ1) is 8.44. The molecular weight excluding hydrogens is 228 g/mol. The molecule has 0 amide bonds. The summed E-state index contributed by atoms with van der Waals surface area (Å²) in [5.74, 6) is 0. The molecule has 18 heavy (non-hydrogen) atoms. The van der Waals surface area contributed by atoms with E-state index in [1.165, 1.54) is 0 Å². The summed E-state index contributed by atoms with van der Waals surface area (Å²) in [5.41, 5.74) is 1.82. The standard InChI is InChI=1S/C15H22O3/c1-12(9-16)7-5-6-8-13(2)14-17-10-15(3,4)11-18-14/h5-9,14H,10-11H2,1-4H3/b6-5+,12-7+,13-8+. The summed E-state index contributed by atoms with van der Waals surface area (Å²) in [5, 5.41) is 0. The number of carbonyl (C=O) groups is 1. The van der Waals surface area contributed by atoms with E-state index >= 15 is 0 Å². The molecule has 3 heteroatoms. The molecule has 0 unspecified atom stereocenters. The quantitative estimate of drug-likeness (QED) is 0.437. The minimum Gasteiger partial charge on any atom is -0.348 e. The molecule has 0 bridgehead atoms. The first kappa shape index (κ1) is 14.9. The Bertz CT molecular complexity index is 365. The zero-order valence-electron chi connectivity index (χ0n) is 11.6. The van der Waals surface area contributed by atoms with Crippen molar-refractivity contribution in [3.05, 3.63) is 35.5 Å². The lowest BCUT2D eigenvalue weighted by Crippen LogP contribution is -2.38. The second-order valence-corrected chi connectivity index (χ2v) is 5.44. The van der Waals surface area contributed by atoms with Crippen LogP contribution in [0.15, 0.2) is 35.5 Å². The molecule has 0 saturated carbocycles. The van der Waals surface area contributed by atoms with Gasteiger partial charge in [0.25, 0.3) is 0 Å². The van der Waals surface area contributed by atoms with Crippen LogP contribution in [0.4, 0.5) is 0 Å². The Hall–Kier alpha value is -1.19. The molecule has 0 aromatic rings. The van der Waals surface area contributed by atoms with Crippen LogP contribution in [0, 0.1) is 5.41 Å². The average Bonchev–Trinajstić information content (AvgIpc) is 2.33. The number of aldehydes is 1. The van der Waals surface area contributed by atoms with Crippen LogP contribution in [-0.4, -0.2) is 25.8 Å². The Labute approximate surface area is 109 Å². The SMILES string of the molecule is C\C(C=O)=C/C=C/C=C(\C)C1OCC(C)(C)CO1. The third-order valence-corrected chi connectivity index (χ3v) is 2.64. The van der Waals surface area contributed by atoms with Gasteiger partial charge in [0.1, 0.15) is 6.29 Å². The smallest absolute Gasteiger partial charge is 0.179 e. The summed E-state index contributed by atoms with van der Waals surface area (Å²) >= 11 is 0. The Morgan fingerprint density at radius 3 is 2.22 bits per heavy atom. The summed E-state index contributed by atoms with van der Waals surface area (Å²) in [6.07, 6.45) is 8.00. The molecule has 0 spiro atoms. The van der Waals surface area contributed by atoms with Gasteiger partial charge in [0.2, 0.25) is 0 Å². The summed E-state index contributed by atoms with van der Waals surface area (Å²) < 4.78 is 11.3. The van der Waals surface area contributed by atoms with Crippen LogP contribution in [0.2, 0.25) is 0 Å². The van der Waals surface area contributed by atoms with Gasteiger partial charge in [0.05, 0.1) is 13.2 Å². The molecule has 1 aliphatic heterocycles. The van der Waals surface area contributed by atoms with E-state index in [0.29, 0.717) is 18.8 Å². The molecule has 0 radical (unpaired) electrons. The van der Waals surface area contributed by atoms with Gasteiger partial charge in [-0.1, -0.05) is 38.2 Å². The second-order valence-electron chi connectivity index (χ2n) is 5.44. The van der Waals surface area contributed by atoms with E-state index in [4.69, 9.17) is 9.47 Å². The molecule has 1 fully saturated rings. The molecule has 0 N–H and O–H groups in total. The fraction of sp³-hybridized carbons (Fsp3) is 0.533. The van der Waals surface area contributed by atoms with E-state index in [0.717, 1.165) is 11.9 Å². The lowest BCUT2D eigenvalue weighted by atomic mass is 9.95. The zero-order valence-corrected chi connectivity index (χ0v) is 11.6. The van der Waals surface area contributed by atoms with Crippen molar-refractivity contribution >= 4 is 6.29 Å². The zero-order chi connectivity index (χ0) is 13.6. The van der Waals surface area contributed by atoms with Crippen molar-refractivity contribution in [2.24, 2.45) is 5.41 Å². The van der Waals surface area contributed by atoms with Crippen LogP contribution in [0.25, 0.3) is 0 Å². The number of rotatable bonds is 4. The van der Waals surface area contributed by atoms with E-state index in [1.54, 1.807) is 13.0 Å². The van der Waals surface area contributed by atoms with Crippen molar-refractivity contribution in [3.8, 4) is 0 Å². The molecule has 1 heterocycles. The molecule has 3 nitrogen and oxygen atoms in total. The predicted octanol–water partition coefficient (Wildman–Crippen LogP) is 3.03. The van der Waals surface area contributed by atoms with Crippen molar-refractivity contribution in [2.75, 3.05) is 13.2 Å². The maximum absolute atomic E-state index is 10.4. The fourth-order valence-electron chi connectivity index (χ4n) is 1.49. The van der Waals surface area contributed by atoms with Crippen LogP contribution in [-0.2, 0) is 14.3 Å². The van der Waals surface area contributed by atoms with Gasteiger partial charge >= 0.3 is 0 Å². The van der Waals surface area contributed by atoms with Gasteiger partial charge in [-0.3, -0.25) is 4.79 Å². The molecule has 100 valence electrons. The van der Waals surface area contributed by atoms with Crippen molar-refractivity contribution in [3.63, 3.8) is 0 Å². The summed E-state index contributed by atoms with van der Waals surface area (Å²) in [4.78, 5) is 10.4. The minimum absolute atomic E-state index is 0.0937. The topological polar surface area (TPSA) is 35.5 Å². The molecule has 0 aliphatic carbocycles. The fourth-order valence-corrected chi connectivity index (χ4v) is 1.49. The van der Waals surface area contributed by atoms with Crippen LogP contribution in [0.1, 0.15) is 27.7 Å². The van der Waals surface area contributed by atoms with Crippen molar-refractivity contribution in [2.45, 2.75) is 34.0 Å². The molecular formula is C15H22O3. The lowest BCUT2D eigenvalue weighted by molar-refractivity contribution is -0.202. The van der Waals surface area contributed by atoms with Crippen LogP contribution in [0.3, 0.4) is 0 Å². The molecule has 1 saturated heterocycles. The highest BCUT2D eigenvalue weighted by molar-refractivity contribution is 5.72. The van der Waals surface area contributed by atoms with E-state index in [1.807, 2.05) is 25.2 Å². The molecule has 0 atom stereocenters. The van der Waals surface area contributed by atoms with E-state index in [2.05, 4.69) is 13.8 Å². The number of carbonyl (C=O) groups excluding carboxylic acids is 1. The summed E-state index contributed by atoms with van der Waals surface area (Å²) in [7, 11) is 0. The molecule has 0 aromatic carbocycles. The highest BCUT2D eigenvalue weighted by Crippen LogP contribution is 2.25. The number of allylic oxidation sites excluding steroid dienone is 5. The van der Waals surface area contributed by atoms with Crippen molar-refractivity contribution < 1.29 is 14.3 Å². The first-order valence-corrected chi connectivity index (χ1v) is 6.15. The third kappa shape index (κ3) is 4.98. The number of hydrogen-bond acceptors (Lipinski definition) is 3. The number of ether oxygens (including phenoxy) is 2. The lowest BCUT2D eigenvalue weighted by Gasteiger charge is -2.34. The third-order valence-electron chi connectivity index (χ3n) is 2.64. The van der Waals surface area contributed by atoms with Gasteiger partial charge in [-0.15, -0.1) is 0 Å². The molecule has 1 rings (SSSR count). The molecule has 1 aliphatic rings. The van der Waals surface area contributed by atoms with Crippen LogP contribution in [0.5, 0.6) is 0 Å². The summed E-state index contributed by atoms with van der Waals surface area (Å²) in [6, 6.07) is 0. The van der Waals surface area contributed by atoms with Gasteiger partial charge < -0.3 is 9.47 Å². The van der Waals surface area contributed by atoms with Gasteiger partial charge in [0, 0.05) is 5.41 Å². The van der Waals surface area contributed by atoms with Crippen LogP contribution >= 0.6 is 0 Å². The highest BCUT2D eigenvalue weighted by Gasteiger charge is 2.28. The average molecular weight is 250 g/mol. The Kier molecular flexibility index (Phi) is 5.51. The first-order valence-electron chi connectivity index (χ1n) is 6.15. The predicted molar refractivity (Wildman–Crippen MR) is 72.2 cm³/mol. The van der Waals surface area contributed by atoms with Crippen molar-refractivity contribution in [1.29, 1.82) is 0 Å². The van der Waals surface area contributed by atoms with E-state index < -0.39 is 0 Å². The molecule has 0 aromatic heterocycles. The van der Waals surface area contributed by atoms with Gasteiger partial charge in [0.15, 0.2) is 6.29 Å². The Morgan fingerprint density at radius 2 is 1.67 bits per heavy atom. The Balaban J connectivity index is 2.50. The highest BCUT2D eigenvalue weighted by atomic mass is 16.7. The van der Waals surface area contributed by atoms with Crippen LogP contribution < -0.4 is 0 Å². The van der Waals surface area contributed by atoms with Gasteiger partial charge in [-0.2, -0.15) is 0 Å². The monoisotopic (exact) mass is 250 g/mol. The van der Waals surface area contributed by atoms with Gasteiger partial charge in [-0.05, 0) is 25.0 Å². The van der Waals surface area contributed by atoms with E-state index in [9.17, 15) is 4.79 Å².